The maximum absolute atomic E-state index is 9.24. The fraction of sp³-hybridized carbons (Fsp3) is 0.160. The van der Waals surface area contributed by atoms with Crippen LogP contribution in [0.3, 0.4) is 0 Å². The Bertz CT molecular complexity index is 1210. The highest BCUT2D eigenvalue weighted by Crippen LogP contribution is 2.33. The number of hydrogen-bond donors (Lipinski definition) is 4. The van der Waals surface area contributed by atoms with Gasteiger partial charge in [0, 0.05) is 10.0 Å². The number of para-hydroxylation sites is 2. The van der Waals surface area contributed by atoms with Gasteiger partial charge in [-0.15, -0.1) is 0 Å². The van der Waals surface area contributed by atoms with Crippen molar-refractivity contribution in [2.75, 3.05) is 13.2 Å². The lowest BCUT2D eigenvalue weighted by atomic mass is 10.1. The van der Waals surface area contributed by atoms with Crippen molar-refractivity contribution in [1.29, 1.82) is 0 Å². The van der Waals surface area contributed by atoms with Gasteiger partial charge in [-0.05, 0) is 36.4 Å². The molecule has 9 nitrogen and oxygen atoms in total. The average Bonchev–Trinajstić information content (AvgIpc) is 2.86. The topological polar surface area (TPSA) is 138 Å². The van der Waals surface area contributed by atoms with Crippen molar-refractivity contribution >= 4 is 15.9 Å². The van der Waals surface area contributed by atoms with Crippen molar-refractivity contribution in [2.45, 2.75) is 12.6 Å². The maximum Gasteiger partial charge on any atom is 0.186 e. The summed E-state index contributed by atoms with van der Waals surface area (Å²) in [6, 6.07) is 21.4. The van der Waals surface area contributed by atoms with Crippen LogP contribution in [0.25, 0.3) is 34.2 Å². The van der Waals surface area contributed by atoms with E-state index in [0.717, 1.165) is 10.0 Å². The number of aliphatic hydroxyl groups excluding tert-OH is 2. The summed E-state index contributed by atoms with van der Waals surface area (Å²) in [6.07, 6.45) is -3.28. The van der Waals surface area contributed by atoms with Crippen molar-refractivity contribution in [3.05, 3.63) is 77.3 Å². The normalized spacial score (nSPS) is 11.2. The second-order valence-electron chi connectivity index (χ2n) is 7.39. The fourth-order valence-electron chi connectivity index (χ4n) is 3.23. The second-order valence-corrected chi connectivity index (χ2v) is 8.30. The Morgan fingerprint density at radius 1 is 0.600 bits per heavy atom. The lowest BCUT2D eigenvalue weighted by Gasteiger charge is -2.15. The molecule has 4 rings (SSSR count). The first-order chi connectivity index (χ1) is 16.9. The van der Waals surface area contributed by atoms with Crippen LogP contribution in [0.4, 0.5) is 0 Å². The van der Waals surface area contributed by atoms with E-state index in [0.29, 0.717) is 40.1 Å². The van der Waals surface area contributed by atoms with Gasteiger partial charge in [0.15, 0.2) is 30.1 Å². The molecule has 0 unspecified atom stereocenters. The van der Waals surface area contributed by atoms with Gasteiger partial charge in [0.2, 0.25) is 0 Å². The third-order valence-electron chi connectivity index (χ3n) is 4.77. The van der Waals surface area contributed by atoms with Crippen LogP contribution in [-0.2, 0) is 0 Å². The molecule has 1 aromatic heterocycles. The molecule has 0 fully saturated rings. The molecule has 10 heteroatoms. The van der Waals surface area contributed by atoms with Gasteiger partial charge >= 0.3 is 0 Å². The summed E-state index contributed by atoms with van der Waals surface area (Å²) < 4.78 is 12.0. The summed E-state index contributed by atoms with van der Waals surface area (Å²) in [5, 5.41) is 37.0. The van der Waals surface area contributed by atoms with Crippen molar-refractivity contribution in [3.63, 3.8) is 0 Å². The molecular weight excluding hydrogens is 518 g/mol. The third-order valence-corrected chi connectivity index (χ3v) is 5.30. The van der Waals surface area contributed by atoms with Crippen LogP contribution in [0, 0.1) is 0 Å². The molecule has 0 saturated carbocycles. The lowest BCUT2D eigenvalue weighted by Crippen LogP contribution is -2.16. The summed E-state index contributed by atoms with van der Waals surface area (Å²) in [5.74, 6) is 1.73. The molecule has 4 aromatic rings. The molecule has 0 aliphatic heterocycles. The molecule has 3 aromatic carbocycles. The van der Waals surface area contributed by atoms with Gasteiger partial charge in [0.25, 0.3) is 0 Å². The van der Waals surface area contributed by atoms with Gasteiger partial charge < -0.3 is 29.9 Å². The van der Waals surface area contributed by atoms with E-state index in [9.17, 15) is 20.4 Å². The molecule has 0 atom stereocenters. The van der Waals surface area contributed by atoms with E-state index in [4.69, 9.17) is 9.47 Å². The number of aromatic nitrogens is 3. The largest absolute Gasteiger partial charge is 0.488 e. The highest BCUT2D eigenvalue weighted by Gasteiger charge is 2.18. The van der Waals surface area contributed by atoms with E-state index < -0.39 is 12.6 Å². The van der Waals surface area contributed by atoms with Crippen molar-refractivity contribution < 1.29 is 29.9 Å². The molecule has 1 heterocycles. The second kappa shape index (κ2) is 11.3. The van der Waals surface area contributed by atoms with E-state index in [1.807, 2.05) is 24.3 Å². The van der Waals surface area contributed by atoms with Crippen LogP contribution in [0.1, 0.15) is 0 Å². The molecule has 35 heavy (non-hydrogen) atoms. The maximum atomic E-state index is 9.24. The van der Waals surface area contributed by atoms with Crippen LogP contribution in [0.5, 0.6) is 11.5 Å². The number of hydrogen-bond acceptors (Lipinski definition) is 9. The Kier molecular flexibility index (Phi) is 8.01. The zero-order valence-electron chi connectivity index (χ0n) is 18.3. The number of benzene rings is 3. The summed E-state index contributed by atoms with van der Waals surface area (Å²) >= 11 is 3.43. The van der Waals surface area contributed by atoms with Gasteiger partial charge in [-0.25, -0.2) is 15.0 Å². The Balaban J connectivity index is 1.86. The monoisotopic (exact) mass is 539 g/mol. The zero-order valence-corrected chi connectivity index (χ0v) is 19.9. The quantitative estimate of drug-likeness (QED) is 0.236. The molecule has 0 aliphatic rings. The first-order valence-corrected chi connectivity index (χ1v) is 11.4. The van der Waals surface area contributed by atoms with E-state index in [1.54, 1.807) is 48.5 Å². The van der Waals surface area contributed by atoms with E-state index >= 15 is 0 Å². The van der Waals surface area contributed by atoms with Gasteiger partial charge in [-0.1, -0.05) is 52.3 Å². The van der Waals surface area contributed by atoms with Crippen LogP contribution in [0.2, 0.25) is 0 Å². The molecule has 0 spiro atoms. The SMILES string of the molecule is OC(O)COc1ccccc1-c1nc(-c2ccc(Br)cc2)nc(-c2ccccc2OCC(O)O)n1. The summed E-state index contributed by atoms with van der Waals surface area (Å²) in [4.78, 5) is 14.0. The molecule has 0 radical (unpaired) electrons. The summed E-state index contributed by atoms with van der Waals surface area (Å²) in [5.41, 5.74) is 1.80. The Morgan fingerprint density at radius 2 is 1.03 bits per heavy atom. The fourth-order valence-corrected chi connectivity index (χ4v) is 3.49. The summed E-state index contributed by atoms with van der Waals surface area (Å²) in [7, 11) is 0. The van der Waals surface area contributed by atoms with Crippen LogP contribution in [-0.4, -0.2) is 61.2 Å². The number of nitrogens with zero attached hydrogens (tertiary/aromatic N) is 3. The van der Waals surface area contributed by atoms with Gasteiger partial charge in [-0.3, -0.25) is 0 Å². The molecule has 0 bridgehead atoms. The highest BCUT2D eigenvalue weighted by atomic mass is 79.9. The van der Waals surface area contributed by atoms with Crippen molar-refractivity contribution in [3.8, 4) is 45.7 Å². The predicted octanol–water partition coefficient (Wildman–Crippen LogP) is 3.01. The van der Waals surface area contributed by atoms with E-state index in [2.05, 4.69) is 30.9 Å². The van der Waals surface area contributed by atoms with Crippen molar-refractivity contribution in [1.82, 2.24) is 15.0 Å². The van der Waals surface area contributed by atoms with E-state index in [-0.39, 0.29) is 13.2 Å². The molecule has 180 valence electrons. The number of aliphatic hydroxyl groups is 4. The first kappa shape index (κ1) is 24.7. The molecular formula is C25H22BrN3O6. The Hall–Kier alpha value is -3.41. The van der Waals surface area contributed by atoms with Crippen LogP contribution < -0.4 is 9.47 Å². The Labute approximate surface area is 209 Å². The molecule has 4 N–H and O–H groups in total. The van der Waals surface area contributed by atoms with Gasteiger partial charge in [0.05, 0.1) is 11.1 Å². The molecule has 0 aliphatic carbocycles. The van der Waals surface area contributed by atoms with E-state index in [1.165, 1.54) is 0 Å². The molecule has 0 amide bonds. The molecule has 0 saturated heterocycles. The highest BCUT2D eigenvalue weighted by molar-refractivity contribution is 9.10. The van der Waals surface area contributed by atoms with Gasteiger partial charge in [-0.2, -0.15) is 0 Å². The van der Waals surface area contributed by atoms with Crippen molar-refractivity contribution in [2.24, 2.45) is 0 Å². The number of halogens is 1. The number of ether oxygens (including phenoxy) is 2. The zero-order chi connectivity index (χ0) is 24.8. The van der Waals surface area contributed by atoms with Gasteiger partial charge in [0.1, 0.15) is 24.7 Å². The smallest absolute Gasteiger partial charge is 0.186 e. The minimum Gasteiger partial charge on any atom is -0.488 e. The third kappa shape index (κ3) is 6.38. The predicted molar refractivity (Wildman–Crippen MR) is 131 cm³/mol. The minimum atomic E-state index is -1.64. The standard InChI is InChI=1S/C25H22BrN3O6/c26-16-11-9-15(10-12-16)23-27-24(17-5-1-3-7-19(17)34-13-21(30)31)29-25(28-23)18-6-2-4-8-20(18)35-14-22(32)33/h1-12,21-22,30-33H,13-14H2. The van der Waals surface area contributed by atoms with Crippen LogP contribution in [0.15, 0.2) is 77.3 Å². The average molecular weight is 540 g/mol. The first-order valence-electron chi connectivity index (χ1n) is 10.6. The number of rotatable bonds is 9. The van der Waals surface area contributed by atoms with Crippen LogP contribution >= 0.6 is 15.9 Å². The Morgan fingerprint density at radius 3 is 1.49 bits per heavy atom. The summed E-state index contributed by atoms with van der Waals surface area (Å²) in [6.45, 7) is -0.649. The lowest BCUT2D eigenvalue weighted by molar-refractivity contribution is -0.0683. The minimum absolute atomic E-state index is 0.299.